The van der Waals surface area contributed by atoms with Gasteiger partial charge in [0.05, 0.1) is 22.7 Å². The quantitative estimate of drug-likeness (QED) is 0.706. The van der Waals surface area contributed by atoms with Crippen LogP contribution in [-0.2, 0) is 0 Å². The summed E-state index contributed by atoms with van der Waals surface area (Å²) >= 11 is 5.81. The highest BCUT2D eigenvalue weighted by molar-refractivity contribution is 6.28. The van der Waals surface area contributed by atoms with Crippen molar-refractivity contribution >= 4 is 11.6 Å². The Morgan fingerprint density at radius 2 is 2.04 bits per heavy atom. The number of benzene rings is 1. The van der Waals surface area contributed by atoms with Gasteiger partial charge in [0, 0.05) is 11.8 Å². The van der Waals surface area contributed by atoms with Crippen molar-refractivity contribution in [3.8, 4) is 29.1 Å². The maximum atomic E-state index is 9.44. The summed E-state index contributed by atoms with van der Waals surface area (Å²) in [6.45, 7) is 6.24. The van der Waals surface area contributed by atoms with Gasteiger partial charge in [0.15, 0.2) is 0 Å². The van der Waals surface area contributed by atoms with Crippen LogP contribution in [0.25, 0.3) is 11.3 Å². The van der Waals surface area contributed by atoms with E-state index in [9.17, 15) is 10.5 Å². The monoisotopic (exact) mass is 354 g/mol. The molecule has 0 N–H and O–H groups in total. The van der Waals surface area contributed by atoms with Crippen LogP contribution in [0.15, 0.2) is 30.5 Å². The Kier molecular flexibility index (Phi) is 5.96. The molecule has 2 rings (SSSR count). The third-order valence-electron chi connectivity index (χ3n) is 3.70. The summed E-state index contributed by atoms with van der Waals surface area (Å²) in [5, 5.41) is 19.0. The zero-order valence-electron chi connectivity index (χ0n) is 14.5. The van der Waals surface area contributed by atoms with Crippen LogP contribution in [0.5, 0.6) is 5.75 Å². The maximum absolute atomic E-state index is 9.44. The van der Waals surface area contributed by atoms with Crippen molar-refractivity contribution in [3.63, 3.8) is 0 Å². The van der Waals surface area contributed by atoms with Gasteiger partial charge in [0.1, 0.15) is 18.4 Å². The van der Waals surface area contributed by atoms with E-state index in [1.165, 1.54) is 0 Å². The topological polar surface area (TPSA) is 82.6 Å². The van der Waals surface area contributed by atoms with Crippen LogP contribution in [0.1, 0.15) is 32.8 Å². The lowest BCUT2D eigenvalue weighted by Gasteiger charge is -2.24. The standard InChI is InChI=1S/C19H19ClN4O/c1-13(2)9-19(3,11-22)12-25-17-5-4-14(8-15(17)10-21)16-6-7-23-18(20)24-16/h4-8,13H,9,12H2,1-3H3/t19-/m1/s1. The van der Waals surface area contributed by atoms with Crippen molar-refractivity contribution in [1.29, 1.82) is 10.5 Å². The largest absolute Gasteiger partial charge is 0.491 e. The Morgan fingerprint density at radius 1 is 1.28 bits per heavy atom. The smallest absolute Gasteiger partial charge is 0.222 e. The fourth-order valence-corrected chi connectivity index (χ4v) is 2.82. The second-order valence-electron chi connectivity index (χ2n) is 6.59. The van der Waals surface area contributed by atoms with E-state index in [2.05, 4.69) is 36.0 Å². The molecule has 0 fully saturated rings. The van der Waals surface area contributed by atoms with Crippen LogP contribution >= 0.6 is 11.6 Å². The second-order valence-corrected chi connectivity index (χ2v) is 6.93. The number of hydrogen-bond acceptors (Lipinski definition) is 5. The number of halogens is 1. The zero-order chi connectivity index (χ0) is 18.4. The molecule has 0 saturated heterocycles. The second kappa shape index (κ2) is 7.96. The lowest BCUT2D eigenvalue weighted by molar-refractivity contribution is 0.186. The minimum absolute atomic E-state index is 0.148. The molecule has 128 valence electrons. The summed E-state index contributed by atoms with van der Waals surface area (Å²) < 4.78 is 5.80. The van der Waals surface area contributed by atoms with Gasteiger partial charge in [-0.2, -0.15) is 10.5 Å². The molecule has 1 atom stereocenters. The highest BCUT2D eigenvalue weighted by Crippen LogP contribution is 2.30. The van der Waals surface area contributed by atoms with Gasteiger partial charge in [-0.3, -0.25) is 0 Å². The third-order valence-corrected chi connectivity index (χ3v) is 3.88. The molecule has 0 bridgehead atoms. The molecule has 0 amide bonds. The minimum Gasteiger partial charge on any atom is -0.491 e. The molecule has 0 aliphatic heterocycles. The van der Waals surface area contributed by atoms with Gasteiger partial charge in [-0.05, 0) is 55.1 Å². The molecular formula is C19H19ClN4O. The molecule has 6 heteroatoms. The Morgan fingerprint density at radius 3 is 2.64 bits per heavy atom. The molecule has 25 heavy (non-hydrogen) atoms. The highest BCUT2D eigenvalue weighted by atomic mass is 35.5. The fraction of sp³-hybridized carbons (Fsp3) is 0.368. The van der Waals surface area contributed by atoms with Crippen molar-refractivity contribution in [2.24, 2.45) is 11.3 Å². The first-order valence-corrected chi connectivity index (χ1v) is 8.32. The van der Waals surface area contributed by atoms with Crippen molar-refractivity contribution in [3.05, 3.63) is 41.3 Å². The van der Waals surface area contributed by atoms with E-state index in [4.69, 9.17) is 16.3 Å². The number of nitriles is 2. The lowest BCUT2D eigenvalue weighted by Crippen LogP contribution is -2.25. The molecule has 2 aromatic rings. The number of aromatic nitrogens is 2. The fourth-order valence-electron chi connectivity index (χ4n) is 2.67. The van der Waals surface area contributed by atoms with Gasteiger partial charge in [0.2, 0.25) is 5.28 Å². The molecule has 0 saturated carbocycles. The first kappa shape index (κ1) is 18.7. The SMILES string of the molecule is CC(C)C[C@](C)(C#N)COc1ccc(-c2ccnc(Cl)n2)cc1C#N. The molecule has 0 spiro atoms. The van der Waals surface area contributed by atoms with Gasteiger partial charge in [-0.25, -0.2) is 9.97 Å². The van der Waals surface area contributed by atoms with Gasteiger partial charge in [0.25, 0.3) is 0 Å². The van der Waals surface area contributed by atoms with E-state index in [-0.39, 0.29) is 11.9 Å². The molecule has 0 radical (unpaired) electrons. The van der Waals surface area contributed by atoms with Crippen LogP contribution in [0.4, 0.5) is 0 Å². The van der Waals surface area contributed by atoms with Crippen molar-refractivity contribution in [2.45, 2.75) is 27.2 Å². The first-order valence-electron chi connectivity index (χ1n) is 7.94. The summed E-state index contributed by atoms with van der Waals surface area (Å²) in [4.78, 5) is 7.99. The lowest BCUT2D eigenvalue weighted by atomic mass is 9.84. The normalized spacial score (nSPS) is 12.9. The number of ether oxygens (including phenoxy) is 1. The molecular weight excluding hydrogens is 336 g/mol. The van der Waals surface area contributed by atoms with E-state index < -0.39 is 5.41 Å². The summed E-state index contributed by atoms with van der Waals surface area (Å²) in [5.41, 5.74) is 1.17. The van der Waals surface area contributed by atoms with Crippen LogP contribution in [0.2, 0.25) is 5.28 Å². The summed E-state index contributed by atoms with van der Waals surface area (Å²) in [5.74, 6) is 0.838. The Bertz CT molecular complexity index is 838. The van der Waals surface area contributed by atoms with E-state index >= 15 is 0 Å². The van der Waals surface area contributed by atoms with Crippen molar-refractivity contribution in [1.82, 2.24) is 9.97 Å². The van der Waals surface area contributed by atoms with Gasteiger partial charge < -0.3 is 4.74 Å². The van der Waals surface area contributed by atoms with Crippen LogP contribution in [-0.4, -0.2) is 16.6 Å². The number of rotatable bonds is 6. The first-order chi connectivity index (χ1) is 11.9. The van der Waals surface area contributed by atoms with Crippen LogP contribution in [0, 0.1) is 34.0 Å². The summed E-state index contributed by atoms with van der Waals surface area (Å²) in [7, 11) is 0. The zero-order valence-corrected chi connectivity index (χ0v) is 15.2. The van der Waals surface area contributed by atoms with E-state index in [0.717, 1.165) is 12.0 Å². The summed E-state index contributed by atoms with van der Waals surface area (Å²) in [6, 6.07) is 11.4. The van der Waals surface area contributed by atoms with E-state index in [1.54, 1.807) is 30.5 Å². The molecule has 5 nitrogen and oxygen atoms in total. The van der Waals surface area contributed by atoms with Gasteiger partial charge in [-0.15, -0.1) is 0 Å². The Hall–Kier alpha value is -2.63. The van der Waals surface area contributed by atoms with Crippen molar-refractivity contribution < 1.29 is 4.74 Å². The Labute approximate surface area is 152 Å². The average Bonchev–Trinajstić information content (AvgIpc) is 2.59. The molecule has 1 aromatic carbocycles. The minimum atomic E-state index is -0.597. The number of hydrogen-bond donors (Lipinski definition) is 0. The average molecular weight is 355 g/mol. The predicted octanol–water partition coefficient (Wildman–Crippen LogP) is 4.62. The molecule has 0 unspecified atom stereocenters. The number of nitrogens with zero attached hydrogens (tertiary/aromatic N) is 4. The molecule has 0 aliphatic rings. The van der Waals surface area contributed by atoms with Crippen molar-refractivity contribution in [2.75, 3.05) is 6.61 Å². The Balaban J connectivity index is 2.23. The van der Waals surface area contributed by atoms with Crippen LogP contribution < -0.4 is 4.74 Å². The third kappa shape index (κ3) is 4.92. The molecule has 1 heterocycles. The predicted molar refractivity (Wildman–Crippen MR) is 95.9 cm³/mol. The van der Waals surface area contributed by atoms with Gasteiger partial charge in [-0.1, -0.05) is 13.8 Å². The van der Waals surface area contributed by atoms with Gasteiger partial charge >= 0.3 is 0 Å². The maximum Gasteiger partial charge on any atom is 0.222 e. The summed E-state index contributed by atoms with van der Waals surface area (Å²) in [6.07, 6.45) is 2.29. The van der Waals surface area contributed by atoms with Crippen LogP contribution in [0.3, 0.4) is 0 Å². The molecule has 1 aromatic heterocycles. The highest BCUT2D eigenvalue weighted by Gasteiger charge is 2.26. The van der Waals surface area contributed by atoms with E-state index in [1.807, 2.05) is 6.92 Å². The van der Waals surface area contributed by atoms with E-state index in [0.29, 0.717) is 22.9 Å². The molecule has 0 aliphatic carbocycles.